The van der Waals surface area contributed by atoms with E-state index in [0.717, 1.165) is 27.8 Å². The van der Waals surface area contributed by atoms with Crippen molar-refractivity contribution in [3.63, 3.8) is 0 Å². The van der Waals surface area contributed by atoms with Gasteiger partial charge in [0.15, 0.2) is 0 Å². The first-order valence-corrected chi connectivity index (χ1v) is 7.21. The lowest BCUT2D eigenvalue weighted by Crippen LogP contribution is -2.10. The molecule has 1 unspecified atom stereocenters. The third kappa shape index (κ3) is 3.82. The highest BCUT2D eigenvalue weighted by molar-refractivity contribution is 9.10. The van der Waals surface area contributed by atoms with Crippen molar-refractivity contribution in [1.82, 2.24) is 0 Å². The predicted octanol–water partition coefficient (Wildman–Crippen LogP) is 4.44. The molecule has 2 rings (SSSR count). The zero-order valence-electron chi connectivity index (χ0n) is 11.0. The second-order valence-electron chi connectivity index (χ2n) is 4.47. The molecule has 1 atom stereocenters. The molecule has 0 fully saturated rings. The molecule has 0 aliphatic carbocycles. The standard InChI is InChI=1S/C16H18BrNO/c1-2-15(18)14-5-3-4-6-16(14)19-11-12-7-9-13(17)10-8-12/h3-10,15H,2,11,18H2,1H3. The van der Waals surface area contributed by atoms with E-state index in [-0.39, 0.29) is 6.04 Å². The van der Waals surface area contributed by atoms with Crippen molar-refractivity contribution < 1.29 is 4.74 Å². The molecule has 0 saturated carbocycles. The molecule has 0 amide bonds. The van der Waals surface area contributed by atoms with E-state index in [1.54, 1.807) is 0 Å². The molecule has 2 nitrogen and oxygen atoms in total. The number of rotatable bonds is 5. The Bertz CT molecular complexity index is 525. The summed E-state index contributed by atoms with van der Waals surface area (Å²) in [5.41, 5.74) is 8.31. The van der Waals surface area contributed by atoms with Crippen molar-refractivity contribution in [3.05, 3.63) is 64.1 Å². The molecule has 2 aromatic rings. The van der Waals surface area contributed by atoms with Crippen LogP contribution in [0.4, 0.5) is 0 Å². The maximum Gasteiger partial charge on any atom is 0.124 e. The van der Waals surface area contributed by atoms with Crippen LogP contribution < -0.4 is 10.5 Å². The Morgan fingerprint density at radius 2 is 1.79 bits per heavy atom. The van der Waals surface area contributed by atoms with Crippen LogP contribution in [0.2, 0.25) is 0 Å². The number of ether oxygens (including phenoxy) is 1. The highest BCUT2D eigenvalue weighted by Gasteiger charge is 2.09. The molecule has 0 aliphatic rings. The number of hydrogen-bond donors (Lipinski definition) is 1. The average molecular weight is 320 g/mol. The van der Waals surface area contributed by atoms with Crippen molar-refractivity contribution in [2.24, 2.45) is 5.73 Å². The van der Waals surface area contributed by atoms with Gasteiger partial charge in [-0.1, -0.05) is 53.2 Å². The first-order valence-electron chi connectivity index (χ1n) is 6.42. The SMILES string of the molecule is CCC(N)c1ccccc1OCc1ccc(Br)cc1. The van der Waals surface area contributed by atoms with Crippen molar-refractivity contribution >= 4 is 15.9 Å². The van der Waals surface area contributed by atoms with E-state index in [4.69, 9.17) is 10.5 Å². The van der Waals surface area contributed by atoms with E-state index < -0.39 is 0 Å². The number of benzene rings is 2. The largest absolute Gasteiger partial charge is 0.489 e. The number of nitrogens with two attached hydrogens (primary N) is 1. The fourth-order valence-electron chi connectivity index (χ4n) is 1.88. The van der Waals surface area contributed by atoms with Gasteiger partial charge >= 0.3 is 0 Å². The summed E-state index contributed by atoms with van der Waals surface area (Å²) in [5.74, 6) is 0.875. The smallest absolute Gasteiger partial charge is 0.124 e. The van der Waals surface area contributed by atoms with Gasteiger partial charge in [-0.25, -0.2) is 0 Å². The van der Waals surface area contributed by atoms with E-state index in [0.29, 0.717) is 6.61 Å². The van der Waals surface area contributed by atoms with Crippen LogP contribution in [0.1, 0.15) is 30.5 Å². The van der Waals surface area contributed by atoms with Gasteiger partial charge < -0.3 is 10.5 Å². The molecule has 2 aromatic carbocycles. The van der Waals surface area contributed by atoms with E-state index in [1.165, 1.54) is 0 Å². The summed E-state index contributed by atoms with van der Waals surface area (Å²) in [7, 11) is 0. The van der Waals surface area contributed by atoms with Gasteiger partial charge in [-0.2, -0.15) is 0 Å². The Balaban J connectivity index is 2.09. The highest BCUT2D eigenvalue weighted by Crippen LogP contribution is 2.26. The molecule has 2 N–H and O–H groups in total. The normalized spacial score (nSPS) is 12.2. The van der Waals surface area contributed by atoms with Gasteiger partial charge in [0.05, 0.1) is 0 Å². The Labute approximate surface area is 122 Å². The third-order valence-corrected chi connectivity index (χ3v) is 3.59. The van der Waals surface area contributed by atoms with Gasteiger partial charge in [-0.05, 0) is 30.2 Å². The molecule has 0 aromatic heterocycles. The zero-order valence-corrected chi connectivity index (χ0v) is 12.6. The summed E-state index contributed by atoms with van der Waals surface area (Å²) in [6.07, 6.45) is 0.901. The topological polar surface area (TPSA) is 35.2 Å². The van der Waals surface area contributed by atoms with Gasteiger partial charge in [-0.15, -0.1) is 0 Å². The molecule has 0 aliphatic heterocycles. The number of para-hydroxylation sites is 1. The van der Waals surface area contributed by atoms with Crippen LogP contribution in [0.3, 0.4) is 0 Å². The minimum Gasteiger partial charge on any atom is -0.489 e. The van der Waals surface area contributed by atoms with E-state index in [2.05, 4.69) is 22.9 Å². The molecule has 100 valence electrons. The predicted molar refractivity (Wildman–Crippen MR) is 82.1 cm³/mol. The molecule has 0 bridgehead atoms. The Morgan fingerprint density at radius 3 is 2.47 bits per heavy atom. The van der Waals surface area contributed by atoms with Crippen LogP contribution >= 0.6 is 15.9 Å². The first-order chi connectivity index (χ1) is 9.20. The molecular weight excluding hydrogens is 302 g/mol. The van der Waals surface area contributed by atoms with Crippen LogP contribution in [-0.2, 0) is 6.61 Å². The molecule has 0 radical (unpaired) electrons. The molecule has 19 heavy (non-hydrogen) atoms. The fraction of sp³-hybridized carbons (Fsp3) is 0.250. The van der Waals surface area contributed by atoms with Crippen LogP contribution in [0.5, 0.6) is 5.75 Å². The van der Waals surface area contributed by atoms with Crippen LogP contribution in [-0.4, -0.2) is 0 Å². The lowest BCUT2D eigenvalue weighted by molar-refractivity contribution is 0.300. The Kier molecular flexibility index (Phi) is 5.00. The van der Waals surface area contributed by atoms with Crippen molar-refractivity contribution in [2.45, 2.75) is 26.0 Å². The maximum atomic E-state index is 6.10. The van der Waals surface area contributed by atoms with Crippen molar-refractivity contribution in [3.8, 4) is 5.75 Å². The molecule has 0 saturated heterocycles. The van der Waals surface area contributed by atoms with Crippen molar-refractivity contribution in [1.29, 1.82) is 0 Å². The van der Waals surface area contributed by atoms with E-state index >= 15 is 0 Å². The van der Waals surface area contributed by atoms with E-state index in [9.17, 15) is 0 Å². The van der Waals surface area contributed by atoms with Gasteiger partial charge in [-0.3, -0.25) is 0 Å². The van der Waals surface area contributed by atoms with Gasteiger partial charge in [0.25, 0.3) is 0 Å². The zero-order chi connectivity index (χ0) is 13.7. The summed E-state index contributed by atoms with van der Waals surface area (Å²) in [4.78, 5) is 0. The van der Waals surface area contributed by atoms with E-state index in [1.807, 2.05) is 48.5 Å². The van der Waals surface area contributed by atoms with Crippen LogP contribution in [0, 0.1) is 0 Å². The highest BCUT2D eigenvalue weighted by atomic mass is 79.9. The monoisotopic (exact) mass is 319 g/mol. The molecule has 0 heterocycles. The number of hydrogen-bond acceptors (Lipinski definition) is 2. The summed E-state index contributed by atoms with van der Waals surface area (Å²) < 4.78 is 6.96. The third-order valence-electron chi connectivity index (χ3n) is 3.07. The minimum atomic E-state index is 0.0288. The second kappa shape index (κ2) is 6.73. The summed E-state index contributed by atoms with van der Waals surface area (Å²) in [6, 6.07) is 16.1. The summed E-state index contributed by atoms with van der Waals surface area (Å²) in [5, 5.41) is 0. The van der Waals surface area contributed by atoms with Gasteiger partial charge in [0.2, 0.25) is 0 Å². The second-order valence-corrected chi connectivity index (χ2v) is 5.38. The van der Waals surface area contributed by atoms with Crippen LogP contribution in [0.25, 0.3) is 0 Å². The van der Waals surface area contributed by atoms with Gasteiger partial charge in [0.1, 0.15) is 12.4 Å². The lowest BCUT2D eigenvalue weighted by Gasteiger charge is -2.15. The minimum absolute atomic E-state index is 0.0288. The summed E-state index contributed by atoms with van der Waals surface area (Å²) in [6.45, 7) is 2.64. The van der Waals surface area contributed by atoms with Crippen LogP contribution in [0.15, 0.2) is 53.0 Å². The molecule has 0 spiro atoms. The summed E-state index contributed by atoms with van der Waals surface area (Å²) >= 11 is 3.42. The Morgan fingerprint density at radius 1 is 1.11 bits per heavy atom. The van der Waals surface area contributed by atoms with Gasteiger partial charge in [0, 0.05) is 16.1 Å². The van der Waals surface area contributed by atoms with Crippen molar-refractivity contribution in [2.75, 3.05) is 0 Å². The fourth-order valence-corrected chi connectivity index (χ4v) is 2.14. The first kappa shape index (κ1) is 14.1. The average Bonchev–Trinajstić information content (AvgIpc) is 2.46. The molecular formula is C16H18BrNO. The molecule has 3 heteroatoms. The number of halogens is 1. The Hall–Kier alpha value is -1.32. The lowest BCUT2D eigenvalue weighted by atomic mass is 10.0. The maximum absolute atomic E-state index is 6.10. The quantitative estimate of drug-likeness (QED) is 0.884.